The minimum atomic E-state index is -5.10. The van der Waals surface area contributed by atoms with Gasteiger partial charge in [-0.25, -0.2) is 0 Å². The lowest BCUT2D eigenvalue weighted by molar-refractivity contribution is 0.0981. The van der Waals surface area contributed by atoms with E-state index in [-0.39, 0.29) is 11.3 Å². The first-order valence-electron chi connectivity index (χ1n) is 8.09. The van der Waals surface area contributed by atoms with E-state index in [4.69, 9.17) is 19.6 Å². The third-order valence-corrected chi connectivity index (χ3v) is 7.79. The quantitative estimate of drug-likeness (QED) is 0.317. The van der Waals surface area contributed by atoms with Gasteiger partial charge in [0.05, 0.1) is 5.69 Å². The first-order chi connectivity index (χ1) is 13.0. The molecule has 0 atom stereocenters. The molecule has 0 heterocycles. The lowest BCUT2D eigenvalue weighted by Crippen LogP contribution is -2.16. The van der Waals surface area contributed by atoms with Crippen LogP contribution in [0, 0.1) is 0 Å². The van der Waals surface area contributed by atoms with Crippen LogP contribution in [-0.2, 0) is 9.13 Å². The zero-order valence-corrected chi connectivity index (χ0v) is 16.3. The molecule has 2 aromatic rings. The number of hydrogen-bond acceptors (Lipinski definition) is 4. The SMILES string of the molecule is O=C(Nc1ccccc1C(=O)CCC(P(=O)(O)O)P(=O)(O)O)c1ccccc1. The summed E-state index contributed by atoms with van der Waals surface area (Å²) in [5.74, 6) is -1.07. The normalized spacial score (nSPS) is 12.0. The van der Waals surface area contributed by atoms with Crippen LogP contribution in [0.5, 0.6) is 0 Å². The summed E-state index contributed by atoms with van der Waals surface area (Å²) in [5.41, 5.74) is 0.625. The second-order valence-electron chi connectivity index (χ2n) is 5.99. The Bertz CT molecular complexity index is 929. The highest BCUT2D eigenvalue weighted by atomic mass is 31.2. The van der Waals surface area contributed by atoms with E-state index in [1.165, 1.54) is 18.2 Å². The number of hydrogen-bond donors (Lipinski definition) is 5. The lowest BCUT2D eigenvalue weighted by atomic mass is 10.0. The number of para-hydroxylation sites is 1. The number of benzene rings is 2. The van der Waals surface area contributed by atoms with Crippen LogP contribution in [0.4, 0.5) is 5.69 Å². The van der Waals surface area contributed by atoms with Crippen molar-refractivity contribution in [1.29, 1.82) is 0 Å². The van der Waals surface area contributed by atoms with Gasteiger partial charge >= 0.3 is 15.2 Å². The summed E-state index contributed by atoms with van der Waals surface area (Å²) in [6, 6.07) is 14.3. The molecule has 0 saturated carbocycles. The van der Waals surface area contributed by atoms with Crippen molar-refractivity contribution in [1.82, 2.24) is 0 Å². The minimum Gasteiger partial charge on any atom is -0.324 e. The fraction of sp³-hybridized carbons (Fsp3) is 0.176. The van der Waals surface area contributed by atoms with Gasteiger partial charge in [-0.2, -0.15) is 0 Å². The van der Waals surface area contributed by atoms with Crippen LogP contribution in [0.25, 0.3) is 0 Å². The number of amides is 1. The van der Waals surface area contributed by atoms with E-state index in [0.29, 0.717) is 5.56 Å². The van der Waals surface area contributed by atoms with Crippen molar-refractivity contribution in [3.63, 3.8) is 0 Å². The molecule has 5 N–H and O–H groups in total. The molecule has 0 aromatic heterocycles. The van der Waals surface area contributed by atoms with Crippen molar-refractivity contribution >= 4 is 32.6 Å². The van der Waals surface area contributed by atoms with Crippen molar-refractivity contribution in [3.8, 4) is 0 Å². The molecule has 0 bridgehead atoms. The van der Waals surface area contributed by atoms with Gasteiger partial charge in [0.25, 0.3) is 5.91 Å². The molecule has 2 rings (SSSR count). The van der Waals surface area contributed by atoms with E-state index in [0.717, 1.165) is 0 Å². The highest BCUT2D eigenvalue weighted by Crippen LogP contribution is 2.61. The van der Waals surface area contributed by atoms with E-state index in [2.05, 4.69) is 5.32 Å². The molecule has 28 heavy (non-hydrogen) atoms. The fourth-order valence-corrected chi connectivity index (χ4v) is 5.04. The number of Topliss-reactive ketones (excluding diaryl/α,β-unsaturated/α-hetero) is 1. The molecule has 9 nitrogen and oxygen atoms in total. The van der Waals surface area contributed by atoms with Gasteiger partial charge in [-0.15, -0.1) is 0 Å². The monoisotopic (exact) mass is 427 g/mol. The first kappa shape index (κ1) is 22.2. The molecule has 0 unspecified atom stereocenters. The number of anilines is 1. The van der Waals surface area contributed by atoms with Crippen molar-refractivity contribution in [2.45, 2.75) is 18.2 Å². The van der Waals surface area contributed by atoms with E-state index in [9.17, 15) is 18.7 Å². The number of rotatable bonds is 8. The summed E-state index contributed by atoms with van der Waals surface area (Å²) in [6.45, 7) is 0. The first-order valence-corrected chi connectivity index (χ1v) is 11.5. The smallest absolute Gasteiger partial charge is 0.324 e. The third-order valence-electron chi connectivity index (χ3n) is 3.92. The van der Waals surface area contributed by atoms with Crippen molar-refractivity contribution in [3.05, 3.63) is 65.7 Å². The number of carbonyl (C=O) groups excluding carboxylic acids is 2. The van der Waals surface area contributed by atoms with Gasteiger partial charge < -0.3 is 24.9 Å². The summed E-state index contributed by atoms with van der Waals surface area (Å²) in [7, 11) is -10.2. The second kappa shape index (κ2) is 8.92. The van der Waals surface area contributed by atoms with E-state index < -0.39 is 45.1 Å². The van der Waals surface area contributed by atoms with Gasteiger partial charge in [-0.1, -0.05) is 30.3 Å². The zero-order valence-electron chi connectivity index (χ0n) is 14.5. The summed E-state index contributed by atoms with van der Waals surface area (Å²) in [4.78, 5) is 61.4. The highest BCUT2D eigenvalue weighted by molar-refractivity contribution is 7.70. The maximum atomic E-state index is 12.5. The Balaban J connectivity index is 2.17. The molecule has 0 aliphatic carbocycles. The van der Waals surface area contributed by atoms with Gasteiger partial charge in [0.2, 0.25) is 0 Å². The Labute approximate surface area is 160 Å². The Morgan fingerprint density at radius 3 is 1.96 bits per heavy atom. The molecular weight excluding hydrogens is 408 g/mol. The lowest BCUT2D eigenvalue weighted by Gasteiger charge is -2.19. The summed E-state index contributed by atoms with van der Waals surface area (Å²) < 4.78 is 22.7. The van der Waals surface area contributed by atoms with Crippen LogP contribution in [0.3, 0.4) is 0 Å². The molecule has 1 amide bonds. The van der Waals surface area contributed by atoms with E-state index in [1.807, 2.05) is 0 Å². The van der Waals surface area contributed by atoms with Gasteiger partial charge in [0, 0.05) is 17.5 Å². The minimum absolute atomic E-state index is 0.0713. The largest absolute Gasteiger partial charge is 0.340 e. The van der Waals surface area contributed by atoms with Crippen molar-refractivity contribution < 1.29 is 38.3 Å². The molecule has 0 fully saturated rings. The van der Waals surface area contributed by atoms with Gasteiger partial charge in [0.15, 0.2) is 11.2 Å². The average molecular weight is 427 g/mol. The molecule has 0 radical (unpaired) electrons. The van der Waals surface area contributed by atoms with Crippen LogP contribution in [0.1, 0.15) is 33.6 Å². The van der Waals surface area contributed by atoms with Crippen LogP contribution in [0.2, 0.25) is 0 Å². The number of ketones is 1. The standard InChI is InChI=1S/C17H19NO8P2/c19-15(10-11-16(27(21,22)23)28(24,25)26)13-8-4-5-9-14(13)18-17(20)12-6-2-1-3-7-12/h1-9,16H,10-11H2,(H,18,20)(H2,21,22,23)(H2,24,25,26). The molecular formula is C17H19NO8P2. The Morgan fingerprint density at radius 1 is 0.857 bits per heavy atom. The average Bonchev–Trinajstić information content (AvgIpc) is 2.60. The topological polar surface area (TPSA) is 161 Å². The zero-order chi connectivity index (χ0) is 20.9. The molecule has 0 saturated heterocycles. The Hall–Kier alpha value is -2.12. The van der Waals surface area contributed by atoms with Crippen LogP contribution >= 0.6 is 15.2 Å². The maximum Gasteiger partial charge on any atom is 0.340 e. The van der Waals surface area contributed by atoms with Gasteiger partial charge in [-0.3, -0.25) is 18.7 Å². The molecule has 0 aliphatic heterocycles. The summed E-state index contributed by atoms with van der Waals surface area (Å²) in [5, 5.41) is 0.334. The maximum absolute atomic E-state index is 12.5. The fourth-order valence-electron chi connectivity index (χ4n) is 2.55. The second-order valence-corrected chi connectivity index (χ2v) is 10.00. The third kappa shape index (κ3) is 5.94. The Kier molecular flexibility index (Phi) is 7.06. The summed E-state index contributed by atoms with van der Waals surface area (Å²) >= 11 is 0. The molecule has 2 aromatic carbocycles. The Morgan fingerprint density at radius 2 is 1.39 bits per heavy atom. The summed E-state index contributed by atoms with van der Waals surface area (Å²) in [6.07, 6.45) is -1.21. The predicted molar refractivity (Wildman–Crippen MR) is 102 cm³/mol. The molecule has 0 spiro atoms. The van der Waals surface area contributed by atoms with Crippen LogP contribution < -0.4 is 5.32 Å². The van der Waals surface area contributed by atoms with Crippen LogP contribution in [-0.4, -0.2) is 36.7 Å². The molecule has 0 aliphatic rings. The highest BCUT2D eigenvalue weighted by Gasteiger charge is 2.43. The number of carbonyl (C=O) groups is 2. The van der Waals surface area contributed by atoms with Crippen molar-refractivity contribution in [2.24, 2.45) is 0 Å². The van der Waals surface area contributed by atoms with Crippen LogP contribution in [0.15, 0.2) is 54.6 Å². The molecule has 150 valence electrons. The predicted octanol–water partition coefficient (Wildman–Crippen LogP) is 2.58. The van der Waals surface area contributed by atoms with E-state index >= 15 is 0 Å². The molecule has 11 heteroatoms. The van der Waals surface area contributed by atoms with E-state index in [1.54, 1.807) is 36.4 Å². The van der Waals surface area contributed by atoms with Crippen molar-refractivity contribution in [2.75, 3.05) is 5.32 Å². The van der Waals surface area contributed by atoms with Gasteiger partial charge in [-0.05, 0) is 30.7 Å². The van der Waals surface area contributed by atoms with Gasteiger partial charge in [0.1, 0.15) is 0 Å². The number of nitrogens with one attached hydrogen (secondary N) is 1.